The quantitative estimate of drug-likeness (QED) is 0.579. The van der Waals surface area contributed by atoms with Gasteiger partial charge >= 0.3 is 0 Å². The largest absolute Gasteiger partial charge is 0.459 e. The van der Waals surface area contributed by atoms with Gasteiger partial charge in [0.2, 0.25) is 0 Å². The normalized spacial score (nSPS) is 12.8. The lowest BCUT2D eigenvalue weighted by Crippen LogP contribution is -2.27. The van der Waals surface area contributed by atoms with Gasteiger partial charge in [-0.1, -0.05) is 18.2 Å². The van der Waals surface area contributed by atoms with Crippen LogP contribution >= 0.6 is 0 Å². The van der Waals surface area contributed by atoms with Gasteiger partial charge in [0.1, 0.15) is 0 Å². The smallest absolute Gasteiger partial charge is 0.291 e. The van der Waals surface area contributed by atoms with Crippen molar-refractivity contribution in [3.63, 3.8) is 0 Å². The van der Waals surface area contributed by atoms with Crippen LogP contribution in [0.2, 0.25) is 0 Å². The molecule has 1 fully saturated rings. The number of furan rings is 1. The lowest BCUT2D eigenvalue weighted by atomic mass is 10.1. The number of aryl methyl sites for hydroxylation is 1. The van der Waals surface area contributed by atoms with Crippen LogP contribution < -0.4 is 16.0 Å². The van der Waals surface area contributed by atoms with Gasteiger partial charge in [0.25, 0.3) is 17.7 Å². The zero-order valence-electron chi connectivity index (χ0n) is 16.4. The Morgan fingerprint density at radius 1 is 0.867 bits per heavy atom. The first kappa shape index (κ1) is 19.4. The first-order valence-corrected chi connectivity index (χ1v) is 9.68. The summed E-state index contributed by atoms with van der Waals surface area (Å²) in [7, 11) is 0. The first-order chi connectivity index (χ1) is 14.5. The molecule has 3 aromatic rings. The minimum Gasteiger partial charge on any atom is -0.459 e. The third-order valence-electron chi connectivity index (χ3n) is 4.83. The van der Waals surface area contributed by atoms with E-state index in [4.69, 9.17) is 4.42 Å². The Bertz CT molecular complexity index is 1100. The van der Waals surface area contributed by atoms with Gasteiger partial charge in [-0.2, -0.15) is 0 Å². The van der Waals surface area contributed by atoms with Crippen LogP contribution in [0.5, 0.6) is 0 Å². The number of carbonyl (C=O) groups excluding carboxylic acids is 3. The molecule has 3 N–H and O–H groups in total. The molecule has 1 aromatic heterocycles. The summed E-state index contributed by atoms with van der Waals surface area (Å²) in [5, 5.41) is 8.48. The lowest BCUT2D eigenvalue weighted by Gasteiger charge is -2.13. The predicted molar refractivity (Wildman–Crippen MR) is 113 cm³/mol. The number of benzene rings is 2. The molecule has 0 aliphatic heterocycles. The molecular formula is C23H21N3O4. The molecule has 0 spiro atoms. The molecule has 152 valence electrons. The van der Waals surface area contributed by atoms with Gasteiger partial charge in [-0.05, 0) is 61.7 Å². The van der Waals surface area contributed by atoms with Gasteiger partial charge in [-0.25, -0.2) is 0 Å². The highest BCUT2D eigenvalue weighted by atomic mass is 16.3. The van der Waals surface area contributed by atoms with Crippen molar-refractivity contribution in [3.05, 3.63) is 83.3 Å². The highest BCUT2D eigenvalue weighted by Gasteiger charge is 2.25. The second-order valence-electron chi connectivity index (χ2n) is 7.21. The summed E-state index contributed by atoms with van der Waals surface area (Å²) in [5.41, 5.74) is 2.51. The zero-order chi connectivity index (χ0) is 21.1. The SMILES string of the molecule is Cc1ccc(C(=O)Nc2ccccc2C(=O)NC2CC2)cc1NC(=O)c1ccco1. The van der Waals surface area contributed by atoms with Gasteiger partial charge in [0.05, 0.1) is 17.5 Å². The van der Waals surface area contributed by atoms with Crippen LogP contribution in [0.4, 0.5) is 11.4 Å². The Morgan fingerprint density at radius 2 is 1.63 bits per heavy atom. The Morgan fingerprint density at radius 3 is 2.37 bits per heavy atom. The van der Waals surface area contributed by atoms with Gasteiger partial charge in [-0.15, -0.1) is 0 Å². The third kappa shape index (κ3) is 4.41. The number of hydrogen-bond donors (Lipinski definition) is 3. The van der Waals surface area contributed by atoms with Crippen LogP contribution in [0.1, 0.15) is 49.7 Å². The summed E-state index contributed by atoms with van der Waals surface area (Å²) in [6, 6.07) is 15.3. The van der Waals surface area contributed by atoms with E-state index in [0.29, 0.717) is 22.5 Å². The molecule has 4 rings (SSSR count). The number of carbonyl (C=O) groups is 3. The van der Waals surface area contributed by atoms with Crippen LogP contribution in [0, 0.1) is 6.92 Å². The minimum absolute atomic E-state index is 0.180. The average Bonchev–Trinajstić information content (AvgIpc) is 3.37. The third-order valence-corrected chi connectivity index (χ3v) is 4.83. The van der Waals surface area contributed by atoms with E-state index in [-0.39, 0.29) is 23.6 Å². The molecule has 0 radical (unpaired) electrons. The molecular weight excluding hydrogens is 382 g/mol. The fourth-order valence-corrected chi connectivity index (χ4v) is 2.97. The Labute approximate surface area is 173 Å². The summed E-state index contributed by atoms with van der Waals surface area (Å²) in [6.45, 7) is 1.83. The molecule has 7 heteroatoms. The van der Waals surface area contributed by atoms with Crippen molar-refractivity contribution in [2.75, 3.05) is 10.6 Å². The van der Waals surface area contributed by atoms with E-state index in [0.717, 1.165) is 18.4 Å². The topological polar surface area (TPSA) is 100 Å². The fraction of sp³-hybridized carbons (Fsp3) is 0.174. The molecule has 0 saturated heterocycles. The Hall–Kier alpha value is -3.87. The standard InChI is InChI=1S/C23H21N3O4/c1-14-8-9-15(13-19(14)26-23(29)20-7-4-12-30-20)21(27)25-18-6-3-2-5-17(18)22(28)24-16-10-11-16/h2-9,12-13,16H,10-11H2,1H3,(H,24,28)(H,25,27)(H,26,29). The minimum atomic E-state index is -0.400. The van der Waals surface area contributed by atoms with Gasteiger partial charge < -0.3 is 20.4 Å². The van der Waals surface area contributed by atoms with E-state index >= 15 is 0 Å². The molecule has 1 aliphatic carbocycles. The number of anilines is 2. The van der Waals surface area contributed by atoms with E-state index in [1.807, 2.05) is 6.92 Å². The number of rotatable bonds is 6. The van der Waals surface area contributed by atoms with Gasteiger partial charge in [0, 0.05) is 17.3 Å². The van der Waals surface area contributed by atoms with Gasteiger partial charge in [0.15, 0.2) is 5.76 Å². The van der Waals surface area contributed by atoms with Crippen molar-refractivity contribution in [3.8, 4) is 0 Å². The summed E-state index contributed by atoms with van der Waals surface area (Å²) >= 11 is 0. The molecule has 2 aromatic carbocycles. The average molecular weight is 403 g/mol. The molecule has 0 unspecified atom stereocenters. The van der Waals surface area contributed by atoms with Gasteiger partial charge in [-0.3, -0.25) is 14.4 Å². The molecule has 1 heterocycles. The number of amides is 3. The predicted octanol–water partition coefficient (Wildman–Crippen LogP) is 3.98. The summed E-state index contributed by atoms with van der Waals surface area (Å²) < 4.78 is 5.10. The summed E-state index contributed by atoms with van der Waals surface area (Å²) in [6.07, 6.45) is 3.38. The lowest BCUT2D eigenvalue weighted by molar-refractivity contribution is 0.0950. The Kier molecular flexibility index (Phi) is 5.34. The van der Waals surface area contributed by atoms with Crippen LogP contribution in [-0.2, 0) is 0 Å². The molecule has 30 heavy (non-hydrogen) atoms. The second kappa shape index (κ2) is 8.24. The molecule has 7 nitrogen and oxygen atoms in total. The highest BCUT2D eigenvalue weighted by Crippen LogP contribution is 2.23. The highest BCUT2D eigenvalue weighted by molar-refractivity contribution is 6.10. The van der Waals surface area contributed by atoms with Crippen LogP contribution in [0.3, 0.4) is 0 Å². The fourth-order valence-electron chi connectivity index (χ4n) is 2.97. The number of para-hydroxylation sites is 1. The van der Waals surface area contributed by atoms with E-state index < -0.39 is 5.91 Å². The number of hydrogen-bond acceptors (Lipinski definition) is 4. The first-order valence-electron chi connectivity index (χ1n) is 9.68. The molecule has 1 saturated carbocycles. The zero-order valence-corrected chi connectivity index (χ0v) is 16.4. The van der Waals surface area contributed by atoms with Crippen molar-refractivity contribution in [2.24, 2.45) is 0 Å². The molecule has 0 bridgehead atoms. The maximum atomic E-state index is 12.8. The number of nitrogens with one attached hydrogen (secondary N) is 3. The van der Waals surface area contributed by atoms with Crippen molar-refractivity contribution in [2.45, 2.75) is 25.8 Å². The van der Waals surface area contributed by atoms with Crippen LogP contribution in [-0.4, -0.2) is 23.8 Å². The maximum absolute atomic E-state index is 12.8. The molecule has 0 atom stereocenters. The van der Waals surface area contributed by atoms with E-state index in [2.05, 4.69) is 16.0 Å². The molecule has 3 amide bonds. The van der Waals surface area contributed by atoms with Crippen molar-refractivity contribution < 1.29 is 18.8 Å². The van der Waals surface area contributed by atoms with Crippen LogP contribution in [0.25, 0.3) is 0 Å². The second-order valence-corrected chi connectivity index (χ2v) is 7.21. The summed E-state index contributed by atoms with van der Waals surface area (Å²) in [5.74, 6) is -0.804. The van der Waals surface area contributed by atoms with E-state index in [9.17, 15) is 14.4 Å². The van der Waals surface area contributed by atoms with E-state index in [1.54, 1.807) is 54.6 Å². The summed E-state index contributed by atoms with van der Waals surface area (Å²) in [4.78, 5) is 37.5. The van der Waals surface area contributed by atoms with Crippen molar-refractivity contribution >= 4 is 29.1 Å². The van der Waals surface area contributed by atoms with Crippen molar-refractivity contribution in [1.82, 2.24) is 5.32 Å². The van der Waals surface area contributed by atoms with E-state index in [1.165, 1.54) is 6.26 Å². The Balaban J connectivity index is 1.51. The molecule has 1 aliphatic rings. The maximum Gasteiger partial charge on any atom is 0.291 e. The monoisotopic (exact) mass is 403 g/mol. The van der Waals surface area contributed by atoms with Crippen molar-refractivity contribution in [1.29, 1.82) is 0 Å². The van der Waals surface area contributed by atoms with Crippen LogP contribution in [0.15, 0.2) is 65.3 Å².